The quantitative estimate of drug-likeness (QED) is 0.310. The zero-order chi connectivity index (χ0) is 25.8. The van der Waals surface area contributed by atoms with Crippen molar-refractivity contribution in [2.75, 3.05) is 20.8 Å². The summed E-state index contributed by atoms with van der Waals surface area (Å²) in [6.07, 6.45) is 3.15. The van der Waals surface area contributed by atoms with Gasteiger partial charge in [-0.25, -0.2) is 0 Å². The second kappa shape index (κ2) is 10.6. The molecule has 3 aromatic carbocycles. The van der Waals surface area contributed by atoms with Gasteiger partial charge >= 0.3 is 0 Å². The molecule has 0 bridgehead atoms. The Labute approximate surface area is 214 Å². The molecule has 2 heterocycles. The van der Waals surface area contributed by atoms with Crippen molar-refractivity contribution in [1.82, 2.24) is 14.9 Å². The smallest absolute Gasteiger partial charge is 0.265 e. The van der Waals surface area contributed by atoms with E-state index in [2.05, 4.69) is 10.3 Å². The van der Waals surface area contributed by atoms with Gasteiger partial charge in [-0.05, 0) is 54.3 Å². The van der Waals surface area contributed by atoms with Gasteiger partial charge in [-0.2, -0.15) is 0 Å². The number of nitrogens with zero attached hydrogens (tertiary/aromatic N) is 1. The molecule has 37 heavy (non-hydrogen) atoms. The Balaban J connectivity index is 1.43. The van der Waals surface area contributed by atoms with Gasteiger partial charge in [-0.15, -0.1) is 0 Å². The highest BCUT2D eigenvalue weighted by molar-refractivity contribution is 6.14. The molecule has 5 rings (SSSR count). The number of aromatic amines is 1. The lowest BCUT2D eigenvalue weighted by atomic mass is 10.1. The number of hydrogen-bond donors (Lipinski definition) is 2. The van der Waals surface area contributed by atoms with Crippen LogP contribution in [-0.2, 0) is 19.4 Å². The van der Waals surface area contributed by atoms with E-state index in [1.54, 1.807) is 18.8 Å². The van der Waals surface area contributed by atoms with E-state index in [0.29, 0.717) is 31.4 Å². The number of hydrogen-bond acceptors (Lipinski definition) is 4. The molecular formula is C30H29N3O4. The van der Waals surface area contributed by atoms with Crippen molar-refractivity contribution in [3.8, 4) is 11.5 Å². The second-order valence-electron chi connectivity index (χ2n) is 8.91. The Morgan fingerprint density at radius 3 is 2.11 bits per heavy atom. The van der Waals surface area contributed by atoms with Gasteiger partial charge in [0.15, 0.2) is 0 Å². The van der Waals surface area contributed by atoms with Crippen molar-refractivity contribution in [2.45, 2.75) is 19.4 Å². The summed E-state index contributed by atoms with van der Waals surface area (Å²) in [5, 5.41) is 4.78. The maximum absolute atomic E-state index is 13.6. The highest BCUT2D eigenvalue weighted by Crippen LogP contribution is 2.26. The summed E-state index contributed by atoms with van der Waals surface area (Å²) < 4.78 is 12.1. The normalized spacial score (nSPS) is 11.1. The van der Waals surface area contributed by atoms with Gasteiger partial charge in [-0.1, -0.05) is 42.5 Å². The number of aryl methyl sites for hydroxylation is 2. The molecule has 1 amide bonds. The van der Waals surface area contributed by atoms with Gasteiger partial charge in [0.1, 0.15) is 17.1 Å². The zero-order valence-electron chi connectivity index (χ0n) is 20.9. The standard InChI is InChI=1S/C30H29N3O4/c1-36-22-11-7-20(8-12-22)15-17-31-29(34)27-28-25(24-5-3-4-6-26(24)32-28)19-33(30(27)35)18-16-21-9-13-23(37-2)14-10-21/h3-14,19,32H,15-18H2,1-2H3,(H,31,34). The summed E-state index contributed by atoms with van der Waals surface area (Å²) in [6, 6.07) is 23.3. The van der Waals surface area contributed by atoms with Crippen LogP contribution in [0.15, 0.2) is 83.8 Å². The van der Waals surface area contributed by atoms with Crippen LogP contribution >= 0.6 is 0 Å². The van der Waals surface area contributed by atoms with Gasteiger partial charge in [0, 0.05) is 35.6 Å². The number of carbonyl (C=O) groups excluding carboxylic acids is 1. The van der Waals surface area contributed by atoms with Crippen LogP contribution in [-0.4, -0.2) is 36.2 Å². The van der Waals surface area contributed by atoms with Gasteiger partial charge in [0.25, 0.3) is 11.5 Å². The van der Waals surface area contributed by atoms with E-state index in [0.717, 1.165) is 38.9 Å². The molecule has 7 heteroatoms. The van der Waals surface area contributed by atoms with E-state index in [1.165, 1.54) is 0 Å². The molecular weight excluding hydrogens is 466 g/mol. The molecule has 188 valence electrons. The van der Waals surface area contributed by atoms with Crippen molar-refractivity contribution < 1.29 is 14.3 Å². The number of para-hydroxylation sites is 1. The molecule has 0 aliphatic carbocycles. The first kappa shape index (κ1) is 24.2. The van der Waals surface area contributed by atoms with E-state index >= 15 is 0 Å². The van der Waals surface area contributed by atoms with Crippen LogP contribution < -0.4 is 20.3 Å². The van der Waals surface area contributed by atoms with E-state index in [1.807, 2.05) is 79.0 Å². The maximum atomic E-state index is 13.6. The predicted molar refractivity (Wildman–Crippen MR) is 146 cm³/mol. The number of H-pyrrole nitrogens is 1. The van der Waals surface area contributed by atoms with Gasteiger partial charge in [0.05, 0.1) is 19.7 Å². The molecule has 0 aliphatic heterocycles. The average molecular weight is 496 g/mol. The number of fused-ring (bicyclic) bond motifs is 3. The minimum atomic E-state index is -0.381. The van der Waals surface area contributed by atoms with Crippen molar-refractivity contribution in [3.63, 3.8) is 0 Å². The first-order chi connectivity index (χ1) is 18.1. The summed E-state index contributed by atoms with van der Waals surface area (Å²) in [6.45, 7) is 0.861. The summed E-state index contributed by atoms with van der Waals surface area (Å²) >= 11 is 0. The number of nitrogens with one attached hydrogen (secondary N) is 2. The molecule has 0 atom stereocenters. The predicted octanol–water partition coefficient (Wildman–Crippen LogP) is 4.72. The zero-order valence-corrected chi connectivity index (χ0v) is 20.9. The maximum Gasteiger partial charge on any atom is 0.265 e. The summed E-state index contributed by atoms with van der Waals surface area (Å²) in [5.74, 6) is 1.19. The van der Waals surface area contributed by atoms with Crippen LogP contribution in [0.1, 0.15) is 21.5 Å². The molecule has 7 nitrogen and oxygen atoms in total. The molecule has 0 saturated carbocycles. The third-order valence-corrected chi connectivity index (χ3v) is 6.64. The fraction of sp³-hybridized carbons (Fsp3) is 0.200. The van der Waals surface area contributed by atoms with Gasteiger partial charge in [0.2, 0.25) is 0 Å². The van der Waals surface area contributed by atoms with Crippen LogP contribution in [0.25, 0.3) is 21.8 Å². The number of rotatable bonds is 9. The largest absolute Gasteiger partial charge is 0.497 e. The monoisotopic (exact) mass is 495 g/mol. The van der Waals surface area contributed by atoms with E-state index in [4.69, 9.17) is 9.47 Å². The lowest BCUT2D eigenvalue weighted by Gasteiger charge is -2.11. The lowest BCUT2D eigenvalue weighted by molar-refractivity contribution is 0.0953. The van der Waals surface area contributed by atoms with E-state index < -0.39 is 0 Å². The van der Waals surface area contributed by atoms with E-state index in [9.17, 15) is 9.59 Å². The van der Waals surface area contributed by atoms with Crippen LogP contribution in [0.2, 0.25) is 0 Å². The number of carbonyl (C=O) groups is 1. The summed E-state index contributed by atoms with van der Waals surface area (Å²) in [7, 11) is 3.26. The number of aromatic nitrogens is 2. The first-order valence-electron chi connectivity index (χ1n) is 12.3. The van der Waals surface area contributed by atoms with Crippen LogP contribution in [0, 0.1) is 0 Å². The number of amides is 1. The molecule has 0 spiro atoms. The minimum absolute atomic E-state index is 0.137. The van der Waals surface area contributed by atoms with Gasteiger partial charge in [-0.3, -0.25) is 9.59 Å². The molecule has 2 N–H and O–H groups in total. The fourth-order valence-electron chi connectivity index (χ4n) is 4.58. The van der Waals surface area contributed by atoms with Crippen molar-refractivity contribution in [3.05, 3.63) is 106 Å². The molecule has 0 unspecified atom stereocenters. The Bertz CT molecular complexity index is 1600. The number of ether oxygens (including phenoxy) is 2. The molecule has 0 fully saturated rings. The van der Waals surface area contributed by atoms with Gasteiger partial charge < -0.3 is 24.3 Å². The molecule has 0 saturated heterocycles. The highest BCUT2D eigenvalue weighted by Gasteiger charge is 2.20. The molecule has 5 aromatic rings. The van der Waals surface area contributed by atoms with Crippen LogP contribution in [0.3, 0.4) is 0 Å². The molecule has 0 radical (unpaired) electrons. The third-order valence-electron chi connectivity index (χ3n) is 6.64. The topological polar surface area (TPSA) is 85.3 Å². The van der Waals surface area contributed by atoms with Crippen molar-refractivity contribution in [2.24, 2.45) is 0 Å². The van der Waals surface area contributed by atoms with Crippen molar-refractivity contribution in [1.29, 1.82) is 0 Å². The lowest BCUT2D eigenvalue weighted by Crippen LogP contribution is -2.34. The second-order valence-corrected chi connectivity index (χ2v) is 8.91. The molecule has 0 aliphatic rings. The van der Waals surface area contributed by atoms with Crippen LogP contribution in [0.4, 0.5) is 0 Å². The number of methoxy groups -OCH3 is 2. The molecule has 2 aromatic heterocycles. The minimum Gasteiger partial charge on any atom is -0.497 e. The fourth-order valence-corrected chi connectivity index (χ4v) is 4.58. The Hall–Kier alpha value is -4.52. The number of pyridine rings is 1. The third kappa shape index (κ3) is 5.07. The first-order valence-corrected chi connectivity index (χ1v) is 12.3. The Kier molecular flexibility index (Phi) is 6.94. The Morgan fingerprint density at radius 2 is 1.46 bits per heavy atom. The SMILES string of the molecule is COc1ccc(CCNC(=O)c2c(=O)n(CCc3ccc(OC)cc3)cc3c2[nH]c2ccccc23)cc1. The van der Waals surface area contributed by atoms with Crippen LogP contribution in [0.5, 0.6) is 11.5 Å². The van der Waals surface area contributed by atoms with E-state index in [-0.39, 0.29) is 17.0 Å². The number of benzene rings is 3. The summed E-state index contributed by atoms with van der Waals surface area (Å²) in [4.78, 5) is 30.2. The summed E-state index contributed by atoms with van der Waals surface area (Å²) in [5.41, 5.74) is 3.43. The van der Waals surface area contributed by atoms with Crippen molar-refractivity contribution >= 4 is 27.7 Å². The highest BCUT2D eigenvalue weighted by atomic mass is 16.5. The Morgan fingerprint density at radius 1 is 0.838 bits per heavy atom. The average Bonchev–Trinajstić information content (AvgIpc) is 3.30.